The van der Waals surface area contributed by atoms with Gasteiger partial charge in [0.15, 0.2) is 0 Å². The van der Waals surface area contributed by atoms with Gasteiger partial charge in [0, 0.05) is 0 Å². The summed E-state index contributed by atoms with van der Waals surface area (Å²) in [6.07, 6.45) is 14.2. The van der Waals surface area contributed by atoms with Crippen molar-refractivity contribution in [2.45, 2.75) is 66.1 Å². The first kappa shape index (κ1) is 22.6. The zero-order valence-corrected chi connectivity index (χ0v) is 19.0. The van der Waals surface area contributed by atoms with Gasteiger partial charge in [-0.05, 0) is 44.3 Å². The van der Waals surface area contributed by atoms with Crippen molar-refractivity contribution >= 4 is 55.1 Å². The maximum Gasteiger partial charge on any atom is 0.0751 e. The van der Waals surface area contributed by atoms with E-state index in [0.717, 1.165) is 19.3 Å². The zero-order valence-electron chi connectivity index (χ0n) is 14.8. The molecule has 0 rings (SSSR count). The predicted molar refractivity (Wildman–Crippen MR) is 113 cm³/mol. The minimum atomic E-state index is -1.20. The first-order valence-electron chi connectivity index (χ1n) is 7.60. The Balaban J connectivity index is 4.18. The number of thioether (sulfide) groups is 4. The first-order chi connectivity index (χ1) is 9.76. The van der Waals surface area contributed by atoms with Gasteiger partial charge in [-0.3, -0.25) is 0 Å². The molecule has 0 saturated carbocycles. The Hall–Kier alpha value is 1.58. The summed E-state index contributed by atoms with van der Waals surface area (Å²) in [7, 11) is -1.20. The van der Waals surface area contributed by atoms with E-state index >= 15 is 0 Å². The summed E-state index contributed by atoms with van der Waals surface area (Å²) in [5.41, 5.74) is 0. The molecule has 1 atom stereocenters. The van der Waals surface area contributed by atoms with Crippen LogP contribution in [-0.4, -0.2) is 52.6 Å². The van der Waals surface area contributed by atoms with Crippen molar-refractivity contribution < 1.29 is 5.11 Å². The second-order valence-electron chi connectivity index (χ2n) is 6.45. The largest absolute Gasteiger partial charge is 0.393 e. The van der Waals surface area contributed by atoms with Gasteiger partial charge in [0.05, 0.1) is 22.5 Å². The highest BCUT2D eigenvalue weighted by molar-refractivity contribution is 8.20. The first-order valence-corrected chi connectivity index (χ1v) is 16.1. The summed E-state index contributed by atoms with van der Waals surface area (Å²) < 4.78 is 0.970. The second kappa shape index (κ2) is 11.2. The van der Waals surface area contributed by atoms with Crippen molar-refractivity contribution in [1.29, 1.82) is 0 Å². The van der Waals surface area contributed by atoms with E-state index in [-0.39, 0.29) is 6.10 Å². The Morgan fingerprint density at radius 2 is 1.48 bits per heavy atom. The Morgan fingerprint density at radius 1 is 0.952 bits per heavy atom. The summed E-state index contributed by atoms with van der Waals surface area (Å²) >= 11 is 7.82. The molecule has 0 aromatic carbocycles. The summed E-state index contributed by atoms with van der Waals surface area (Å²) in [5.74, 6) is 0. The topological polar surface area (TPSA) is 20.2 Å². The second-order valence-corrected chi connectivity index (χ2v) is 17.4. The van der Waals surface area contributed by atoms with Crippen LogP contribution in [0.4, 0.5) is 0 Å². The average Bonchev–Trinajstić information content (AvgIpc) is 2.44. The molecule has 0 aromatic rings. The minimum Gasteiger partial charge on any atom is -0.393 e. The van der Waals surface area contributed by atoms with E-state index in [9.17, 15) is 5.11 Å². The van der Waals surface area contributed by atoms with E-state index in [1.165, 1.54) is 12.8 Å². The summed E-state index contributed by atoms with van der Waals surface area (Å²) in [6.45, 7) is 7.45. The summed E-state index contributed by atoms with van der Waals surface area (Å²) in [4.78, 5) is 0. The predicted octanol–water partition coefficient (Wildman–Crippen LogP) is 5.65. The molecule has 0 fully saturated rings. The van der Waals surface area contributed by atoms with E-state index in [1.54, 1.807) is 0 Å². The lowest BCUT2D eigenvalue weighted by molar-refractivity contribution is 0.156. The van der Waals surface area contributed by atoms with Crippen molar-refractivity contribution in [2.24, 2.45) is 0 Å². The standard InChI is InChI=1S/C15H34OS4Si/c1-17-14(18-2)12-13(16)10-8-9-11-15(19-3,20-4)21(5,6)7/h13-14,16H,8-12H2,1-7H3. The van der Waals surface area contributed by atoms with Crippen LogP contribution < -0.4 is 0 Å². The van der Waals surface area contributed by atoms with Gasteiger partial charge >= 0.3 is 0 Å². The molecule has 0 radical (unpaired) electrons. The zero-order chi connectivity index (χ0) is 16.5. The van der Waals surface area contributed by atoms with Crippen LogP contribution in [0.15, 0.2) is 0 Å². The molecule has 0 heterocycles. The van der Waals surface area contributed by atoms with Crippen LogP contribution in [0.5, 0.6) is 0 Å². The normalized spacial score (nSPS) is 14.7. The van der Waals surface area contributed by atoms with Gasteiger partial charge in [0.25, 0.3) is 0 Å². The molecule has 0 aromatic heterocycles. The number of rotatable bonds is 12. The minimum absolute atomic E-state index is 0.125. The van der Waals surface area contributed by atoms with Crippen LogP contribution in [0.2, 0.25) is 19.6 Å². The highest BCUT2D eigenvalue weighted by Gasteiger charge is 2.41. The smallest absolute Gasteiger partial charge is 0.0751 e. The summed E-state index contributed by atoms with van der Waals surface area (Å²) in [5, 5.41) is 10.2. The lowest BCUT2D eigenvalue weighted by atomic mass is 10.1. The molecule has 1 unspecified atom stereocenters. The lowest BCUT2D eigenvalue weighted by Crippen LogP contribution is -2.46. The van der Waals surface area contributed by atoms with Gasteiger partial charge in [-0.15, -0.1) is 0 Å². The Labute approximate surface area is 151 Å². The molecule has 128 valence electrons. The summed E-state index contributed by atoms with van der Waals surface area (Å²) in [6, 6.07) is 0. The van der Waals surface area contributed by atoms with E-state index in [4.69, 9.17) is 0 Å². The third kappa shape index (κ3) is 7.79. The number of unbranched alkanes of at least 4 members (excludes halogenated alkanes) is 1. The van der Waals surface area contributed by atoms with Gasteiger partial charge in [-0.1, -0.05) is 32.5 Å². The molecule has 1 nitrogen and oxygen atoms in total. The van der Waals surface area contributed by atoms with Crippen molar-refractivity contribution in [3.8, 4) is 0 Å². The molecule has 0 bridgehead atoms. The molecule has 1 N–H and O–H groups in total. The molecular formula is C15H34OS4Si. The van der Waals surface area contributed by atoms with Gasteiger partial charge in [-0.25, -0.2) is 0 Å². The van der Waals surface area contributed by atoms with E-state index < -0.39 is 8.07 Å². The van der Waals surface area contributed by atoms with Crippen molar-refractivity contribution in [3.63, 3.8) is 0 Å². The fourth-order valence-electron chi connectivity index (χ4n) is 2.64. The average molecular weight is 387 g/mol. The van der Waals surface area contributed by atoms with E-state index in [2.05, 4.69) is 68.2 Å². The van der Waals surface area contributed by atoms with Crippen LogP contribution in [0.3, 0.4) is 0 Å². The van der Waals surface area contributed by atoms with E-state index in [1.807, 2.05) is 23.5 Å². The third-order valence-corrected chi connectivity index (χ3v) is 16.8. The van der Waals surface area contributed by atoms with Gasteiger partial charge in [0.2, 0.25) is 0 Å². The number of hydrogen-bond donors (Lipinski definition) is 1. The van der Waals surface area contributed by atoms with Gasteiger partial charge < -0.3 is 5.11 Å². The monoisotopic (exact) mass is 386 g/mol. The fraction of sp³-hybridized carbons (Fsp3) is 1.00. The highest BCUT2D eigenvalue weighted by Crippen LogP contribution is 2.46. The van der Waals surface area contributed by atoms with Crippen molar-refractivity contribution in [2.75, 3.05) is 25.0 Å². The molecule has 0 aliphatic carbocycles. The molecule has 0 amide bonds. The van der Waals surface area contributed by atoms with Gasteiger partial charge in [0.1, 0.15) is 0 Å². The number of hydrogen-bond acceptors (Lipinski definition) is 5. The van der Waals surface area contributed by atoms with Crippen molar-refractivity contribution in [3.05, 3.63) is 0 Å². The number of aliphatic hydroxyl groups is 1. The Bertz CT molecular complexity index is 263. The SMILES string of the molecule is CSC(CC(O)CCCCC(SC)(SC)[Si](C)(C)C)SC. The van der Waals surface area contributed by atoms with Crippen LogP contribution in [0.1, 0.15) is 32.1 Å². The van der Waals surface area contributed by atoms with Crippen molar-refractivity contribution in [1.82, 2.24) is 0 Å². The van der Waals surface area contributed by atoms with Crippen LogP contribution in [0.25, 0.3) is 0 Å². The molecule has 6 heteroatoms. The lowest BCUT2D eigenvalue weighted by Gasteiger charge is -2.41. The van der Waals surface area contributed by atoms with Crippen LogP contribution in [0, 0.1) is 0 Å². The van der Waals surface area contributed by atoms with Crippen LogP contribution in [-0.2, 0) is 0 Å². The van der Waals surface area contributed by atoms with E-state index in [0.29, 0.717) is 8.28 Å². The third-order valence-electron chi connectivity index (χ3n) is 4.09. The Morgan fingerprint density at radius 3 is 1.86 bits per heavy atom. The van der Waals surface area contributed by atoms with Crippen LogP contribution >= 0.6 is 47.0 Å². The molecule has 21 heavy (non-hydrogen) atoms. The van der Waals surface area contributed by atoms with Gasteiger partial charge in [-0.2, -0.15) is 47.0 Å². The molecule has 0 spiro atoms. The highest BCUT2D eigenvalue weighted by atomic mass is 32.2. The molecular weight excluding hydrogens is 353 g/mol. The quantitative estimate of drug-likeness (QED) is 0.265. The fourth-order valence-corrected chi connectivity index (χ4v) is 11.4. The molecule has 0 aliphatic heterocycles. The number of aliphatic hydroxyl groups excluding tert-OH is 1. The maximum absolute atomic E-state index is 10.2. The Kier molecular flexibility index (Phi) is 12.0. The molecule has 0 saturated heterocycles. The maximum atomic E-state index is 10.2. The molecule has 0 aliphatic rings.